The highest BCUT2D eigenvalue weighted by Crippen LogP contribution is 2.25. The van der Waals surface area contributed by atoms with Gasteiger partial charge in [0.1, 0.15) is 18.1 Å². The van der Waals surface area contributed by atoms with Crippen LogP contribution in [-0.4, -0.2) is 52.0 Å². The van der Waals surface area contributed by atoms with Crippen molar-refractivity contribution >= 4 is 29.3 Å². The number of nitrogens with zero attached hydrogens (tertiary/aromatic N) is 4. The van der Waals surface area contributed by atoms with Gasteiger partial charge >= 0.3 is 0 Å². The number of rotatable bonds is 9. The van der Waals surface area contributed by atoms with Gasteiger partial charge in [0.2, 0.25) is 5.91 Å². The Morgan fingerprint density at radius 3 is 2.27 bits per heavy atom. The van der Waals surface area contributed by atoms with Crippen molar-refractivity contribution in [2.75, 3.05) is 26.5 Å². The van der Waals surface area contributed by atoms with E-state index in [0.29, 0.717) is 28.4 Å². The van der Waals surface area contributed by atoms with Gasteiger partial charge in [0, 0.05) is 24.8 Å². The van der Waals surface area contributed by atoms with Gasteiger partial charge < -0.3 is 14.4 Å². The van der Waals surface area contributed by atoms with Gasteiger partial charge in [-0.2, -0.15) is 0 Å². The lowest BCUT2D eigenvalue weighted by atomic mass is 10.3. The minimum Gasteiger partial charge on any atom is -0.494 e. The number of carbonyl (C=O) groups is 1. The first-order chi connectivity index (χ1) is 14.5. The van der Waals surface area contributed by atoms with Gasteiger partial charge in [-0.1, -0.05) is 23.4 Å². The Morgan fingerprint density at radius 1 is 1.03 bits per heavy atom. The number of hydrogen-bond donors (Lipinski definition) is 0. The molecule has 9 heteroatoms. The summed E-state index contributed by atoms with van der Waals surface area (Å²) in [5, 5.41) is 9.80. The Bertz CT molecular complexity index is 975. The third kappa shape index (κ3) is 5.67. The predicted molar refractivity (Wildman–Crippen MR) is 118 cm³/mol. The van der Waals surface area contributed by atoms with E-state index in [1.165, 1.54) is 11.8 Å². The number of carbonyl (C=O) groups excluding carboxylic acids is 1. The molecule has 0 radical (unpaired) electrons. The van der Waals surface area contributed by atoms with Crippen molar-refractivity contribution in [1.29, 1.82) is 0 Å². The molecule has 0 aliphatic carbocycles. The highest BCUT2D eigenvalue weighted by Gasteiger charge is 2.17. The van der Waals surface area contributed by atoms with Crippen molar-refractivity contribution < 1.29 is 14.3 Å². The van der Waals surface area contributed by atoms with Crippen molar-refractivity contribution in [1.82, 2.24) is 19.7 Å². The smallest absolute Gasteiger partial charge is 0.232 e. The molecule has 0 aliphatic rings. The molecule has 0 spiro atoms. The summed E-state index contributed by atoms with van der Waals surface area (Å²) in [4.78, 5) is 13.5. The summed E-state index contributed by atoms with van der Waals surface area (Å²) in [5.41, 5.74) is 0.842. The minimum atomic E-state index is -0.00200. The van der Waals surface area contributed by atoms with Gasteiger partial charge in [-0.3, -0.25) is 9.36 Å². The lowest BCUT2D eigenvalue weighted by molar-refractivity contribution is -0.125. The van der Waals surface area contributed by atoms with E-state index in [1.807, 2.05) is 47.9 Å². The van der Waals surface area contributed by atoms with Crippen LogP contribution in [0.1, 0.15) is 12.7 Å². The number of halogens is 1. The highest BCUT2D eigenvalue weighted by molar-refractivity contribution is 7.99. The molecule has 1 heterocycles. The summed E-state index contributed by atoms with van der Waals surface area (Å²) in [6, 6.07) is 14.8. The summed E-state index contributed by atoms with van der Waals surface area (Å²) in [6.45, 7) is 2.77. The molecule has 0 aliphatic heterocycles. The number of thioether (sulfide) groups is 1. The van der Waals surface area contributed by atoms with E-state index < -0.39 is 0 Å². The molecule has 0 atom stereocenters. The largest absolute Gasteiger partial charge is 0.494 e. The van der Waals surface area contributed by atoms with Gasteiger partial charge in [0.05, 0.1) is 12.4 Å². The molecular formula is C21H23ClN4O3S. The predicted octanol–water partition coefficient (Wildman–Crippen LogP) is 4.08. The molecule has 3 rings (SSSR count). The standard InChI is InChI=1S/C21H23ClN4O3S/c1-4-28-17-9-11-18(12-10-17)29-13-19-23-24-21(30-14-20(27)25(2)3)26(19)16-7-5-15(22)6-8-16/h5-12H,4,13-14H2,1-3H3. The first-order valence-electron chi connectivity index (χ1n) is 9.36. The van der Waals surface area contributed by atoms with Crippen molar-refractivity contribution in [3.05, 3.63) is 59.4 Å². The molecular weight excluding hydrogens is 424 g/mol. The van der Waals surface area contributed by atoms with Crippen LogP contribution in [0.5, 0.6) is 11.5 Å². The molecule has 2 aromatic carbocycles. The molecule has 0 bridgehead atoms. The topological polar surface area (TPSA) is 69.5 Å². The van der Waals surface area contributed by atoms with Crippen LogP contribution in [0.3, 0.4) is 0 Å². The Balaban J connectivity index is 1.80. The van der Waals surface area contributed by atoms with Crippen molar-refractivity contribution in [3.63, 3.8) is 0 Å². The second-order valence-corrected chi connectivity index (χ2v) is 7.86. The van der Waals surface area contributed by atoms with Crippen LogP contribution in [0.25, 0.3) is 5.69 Å². The molecule has 0 saturated carbocycles. The third-order valence-corrected chi connectivity index (χ3v) is 5.28. The van der Waals surface area contributed by atoms with Crippen LogP contribution < -0.4 is 9.47 Å². The van der Waals surface area contributed by atoms with Crippen LogP contribution in [-0.2, 0) is 11.4 Å². The Morgan fingerprint density at radius 2 is 1.67 bits per heavy atom. The average molecular weight is 447 g/mol. The van der Waals surface area contributed by atoms with E-state index in [0.717, 1.165) is 11.4 Å². The zero-order valence-corrected chi connectivity index (χ0v) is 18.6. The Hall–Kier alpha value is -2.71. The van der Waals surface area contributed by atoms with Gasteiger partial charge in [-0.25, -0.2) is 0 Å². The molecule has 0 unspecified atom stereocenters. The van der Waals surface area contributed by atoms with Crippen LogP contribution in [0.4, 0.5) is 0 Å². The lowest BCUT2D eigenvalue weighted by Gasteiger charge is -2.13. The fourth-order valence-corrected chi connectivity index (χ4v) is 3.61. The van der Waals surface area contributed by atoms with Crippen LogP contribution in [0.15, 0.2) is 53.7 Å². The molecule has 158 valence electrons. The monoisotopic (exact) mass is 446 g/mol. The maximum Gasteiger partial charge on any atom is 0.232 e. The van der Waals surface area contributed by atoms with Crippen LogP contribution >= 0.6 is 23.4 Å². The van der Waals surface area contributed by atoms with Gasteiger partial charge in [-0.05, 0) is 55.5 Å². The van der Waals surface area contributed by atoms with Gasteiger partial charge in [-0.15, -0.1) is 10.2 Å². The zero-order valence-electron chi connectivity index (χ0n) is 17.0. The SMILES string of the molecule is CCOc1ccc(OCc2nnc(SCC(=O)N(C)C)n2-c2ccc(Cl)cc2)cc1. The molecule has 30 heavy (non-hydrogen) atoms. The highest BCUT2D eigenvalue weighted by atomic mass is 35.5. The van der Waals surface area contributed by atoms with Crippen molar-refractivity contribution in [2.24, 2.45) is 0 Å². The second-order valence-electron chi connectivity index (χ2n) is 6.48. The summed E-state index contributed by atoms with van der Waals surface area (Å²) in [5.74, 6) is 2.36. The first kappa shape index (κ1) is 22.0. The van der Waals surface area contributed by atoms with E-state index in [1.54, 1.807) is 31.1 Å². The number of ether oxygens (including phenoxy) is 2. The van der Waals surface area contributed by atoms with E-state index in [-0.39, 0.29) is 18.3 Å². The minimum absolute atomic E-state index is 0.00200. The number of benzene rings is 2. The van der Waals surface area contributed by atoms with Crippen LogP contribution in [0, 0.1) is 0 Å². The zero-order chi connectivity index (χ0) is 21.5. The molecule has 0 N–H and O–H groups in total. The molecule has 0 fully saturated rings. The summed E-state index contributed by atoms with van der Waals surface area (Å²) >= 11 is 7.36. The number of hydrogen-bond acceptors (Lipinski definition) is 6. The average Bonchev–Trinajstić information content (AvgIpc) is 3.15. The summed E-state index contributed by atoms with van der Waals surface area (Å²) in [6.07, 6.45) is 0. The summed E-state index contributed by atoms with van der Waals surface area (Å²) in [7, 11) is 3.45. The molecule has 3 aromatic rings. The Labute approximate surface area is 185 Å². The summed E-state index contributed by atoms with van der Waals surface area (Å²) < 4.78 is 13.2. The maximum absolute atomic E-state index is 12.0. The van der Waals surface area contributed by atoms with Gasteiger partial charge in [0.25, 0.3) is 0 Å². The van der Waals surface area contributed by atoms with Gasteiger partial charge in [0.15, 0.2) is 11.0 Å². The van der Waals surface area contributed by atoms with E-state index >= 15 is 0 Å². The third-order valence-electron chi connectivity index (χ3n) is 4.11. The van der Waals surface area contributed by atoms with E-state index in [9.17, 15) is 4.79 Å². The quantitative estimate of drug-likeness (QED) is 0.461. The molecule has 1 aromatic heterocycles. The normalized spacial score (nSPS) is 10.7. The fraction of sp³-hybridized carbons (Fsp3) is 0.286. The van der Waals surface area contributed by atoms with E-state index in [4.69, 9.17) is 21.1 Å². The van der Waals surface area contributed by atoms with E-state index in [2.05, 4.69) is 10.2 Å². The van der Waals surface area contributed by atoms with Crippen molar-refractivity contribution in [3.8, 4) is 17.2 Å². The first-order valence-corrected chi connectivity index (χ1v) is 10.7. The molecule has 0 saturated heterocycles. The van der Waals surface area contributed by atoms with Crippen molar-refractivity contribution in [2.45, 2.75) is 18.7 Å². The number of aromatic nitrogens is 3. The second kappa shape index (κ2) is 10.4. The van der Waals surface area contributed by atoms with Crippen LogP contribution in [0.2, 0.25) is 5.02 Å². The lowest BCUT2D eigenvalue weighted by Crippen LogP contribution is -2.23. The molecule has 1 amide bonds. The number of amides is 1. The molecule has 7 nitrogen and oxygen atoms in total. The Kier molecular flexibility index (Phi) is 7.59. The fourth-order valence-electron chi connectivity index (χ4n) is 2.54. The maximum atomic E-state index is 12.0.